The Balaban J connectivity index is 2.36. The molecular weight excluding hydrogens is 478 g/mol. The smallest absolute Gasteiger partial charge is 0.411 e. The van der Waals surface area contributed by atoms with Gasteiger partial charge in [0, 0.05) is 5.69 Å². The zero-order valence-corrected chi connectivity index (χ0v) is 19.6. The van der Waals surface area contributed by atoms with Crippen molar-refractivity contribution in [3.63, 3.8) is 0 Å². The summed E-state index contributed by atoms with van der Waals surface area (Å²) in [6, 6.07) is 6.96. The molecule has 0 spiro atoms. The van der Waals surface area contributed by atoms with E-state index in [0.29, 0.717) is 20.6 Å². The van der Waals surface area contributed by atoms with Crippen molar-refractivity contribution in [2.45, 2.75) is 26.4 Å². The molecular formula is C20H22BrNO7S. The lowest BCUT2D eigenvalue weighted by Crippen LogP contribution is -2.27. The SMILES string of the molecule is COC(=O)Nc1cccc(-c2sc(C(=O)OC)c(OCC(=O)OC(C)(C)C)c2Br)c1. The molecule has 0 aliphatic carbocycles. The first-order valence-corrected chi connectivity index (χ1v) is 10.4. The van der Waals surface area contributed by atoms with Gasteiger partial charge in [-0.1, -0.05) is 12.1 Å². The number of halogens is 1. The maximum atomic E-state index is 12.3. The number of rotatable bonds is 6. The number of hydrogen-bond donors (Lipinski definition) is 1. The summed E-state index contributed by atoms with van der Waals surface area (Å²) >= 11 is 4.58. The average molecular weight is 500 g/mol. The fraction of sp³-hybridized carbons (Fsp3) is 0.350. The van der Waals surface area contributed by atoms with E-state index in [-0.39, 0.29) is 17.2 Å². The van der Waals surface area contributed by atoms with Crippen LogP contribution in [0.4, 0.5) is 10.5 Å². The van der Waals surface area contributed by atoms with Gasteiger partial charge < -0.3 is 18.9 Å². The molecule has 0 fully saturated rings. The largest absolute Gasteiger partial charge is 0.479 e. The molecule has 0 bridgehead atoms. The van der Waals surface area contributed by atoms with Gasteiger partial charge in [-0.3, -0.25) is 5.32 Å². The number of benzene rings is 1. The van der Waals surface area contributed by atoms with Crippen molar-refractivity contribution >= 4 is 51.0 Å². The lowest BCUT2D eigenvalue weighted by molar-refractivity contribution is -0.157. The molecule has 0 saturated carbocycles. The normalized spacial score (nSPS) is 10.9. The predicted octanol–water partition coefficient (Wildman–Crippen LogP) is 4.86. The van der Waals surface area contributed by atoms with E-state index in [4.69, 9.17) is 14.2 Å². The number of nitrogens with one attached hydrogen (secondary N) is 1. The van der Waals surface area contributed by atoms with Gasteiger partial charge in [0.05, 0.1) is 23.6 Å². The van der Waals surface area contributed by atoms with Gasteiger partial charge in [0.15, 0.2) is 17.2 Å². The zero-order valence-electron chi connectivity index (χ0n) is 17.2. The number of ether oxygens (including phenoxy) is 4. The van der Waals surface area contributed by atoms with E-state index < -0.39 is 23.6 Å². The summed E-state index contributed by atoms with van der Waals surface area (Å²) in [6.45, 7) is 4.87. The van der Waals surface area contributed by atoms with E-state index in [1.165, 1.54) is 14.2 Å². The van der Waals surface area contributed by atoms with E-state index >= 15 is 0 Å². The molecule has 0 radical (unpaired) electrons. The lowest BCUT2D eigenvalue weighted by Gasteiger charge is -2.19. The van der Waals surface area contributed by atoms with Crippen LogP contribution in [0, 0.1) is 0 Å². The van der Waals surface area contributed by atoms with E-state index in [0.717, 1.165) is 11.3 Å². The Morgan fingerprint density at radius 1 is 1.13 bits per heavy atom. The highest BCUT2D eigenvalue weighted by Gasteiger charge is 2.26. The number of methoxy groups -OCH3 is 2. The summed E-state index contributed by atoms with van der Waals surface area (Å²) in [6.07, 6.45) is -0.603. The summed E-state index contributed by atoms with van der Waals surface area (Å²) in [7, 11) is 2.53. The van der Waals surface area contributed by atoms with E-state index in [1.54, 1.807) is 45.0 Å². The molecule has 1 amide bonds. The number of amides is 1. The highest BCUT2D eigenvalue weighted by molar-refractivity contribution is 9.10. The molecule has 0 aliphatic rings. The highest BCUT2D eigenvalue weighted by atomic mass is 79.9. The molecule has 30 heavy (non-hydrogen) atoms. The average Bonchev–Trinajstić information content (AvgIpc) is 3.01. The van der Waals surface area contributed by atoms with Crippen LogP contribution >= 0.6 is 27.3 Å². The molecule has 1 aromatic heterocycles. The van der Waals surface area contributed by atoms with Crippen molar-refractivity contribution in [1.29, 1.82) is 0 Å². The van der Waals surface area contributed by atoms with Gasteiger partial charge in [-0.2, -0.15) is 0 Å². The number of esters is 2. The standard InChI is InChI=1S/C20H22BrNO7S/c1-20(2,3)29-13(23)10-28-15-14(21)16(30-17(15)18(24)26-4)11-7-6-8-12(9-11)22-19(25)27-5/h6-9H,10H2,1-5H3,(H,22,25). The van der Waals surface area contributed by atoms with Crippen LogP contribution in [0.25, 0.3) is 10.4 Å². The zero-order chi connectivity index (χ0) is 22.5. The minimum Gasteiger partial charge on any atom is -0.479 e. The third-order valence-corrected chi connectivity index (χ3v) is 5.71. The number of carbonyl (C=O) groups excluding carboxylic acids is 3. The Morgan fingerprint density at radius 3 is 2.43 bits per heavy atom. The third-order valence-electron chi connectivity index (χ3n) is 3.49. The van der Waals surface area contributed by atoms with Crippen LogP contribution in [-0.2, 0) is 19.0 Å². The van der Waals surface area contributed by atoms with Crippen molar-refractivity contribution in [3.8, 4) is 16.2 Å². The first kappa shape index (κ1) is 23.7. The summed E-state index contributed by atoms with van der Waals surface area (Å²) in [5.41, 5.74) is 0.559. The summed E-state index contributed by atoms with van der Waals surface area (Å²) in [5, 5.41) is 2.58. The molecule has 2 rings (SSSR count). The Hall–Kier alpha value is -2.59. The number of anilines is 1. The number of thiophene rings is 1. The highest BCUT2D eigenvalue weighted by Crippen LogP contribution is 2.46. The van der Waals surface area contributed by atoms with E-state index in [9.17, 15) is 14.4 Å². The fourth-order valence-electron chi connectivity index (χ4n) is 2.35. The minimum atomic E-state index is -0.657. The van der Waals surface area contributed by atoms with Gasteiger partial charge in [-0.05, 0) is 54.4 Å². The number of hydrogen-bond acceptors (Lipinski definition) is 8. The molecule has 0 atom stereocenters. The molecule has 1 N–H and O–H groups in total. The van der Waals surface area contributed by atoms with Gasteiger partial charge in [0.2, 0.25) is 0 Å². The van der Waals surface area contributed by atoms with Crippen molar-refractivity contribution in [3.05, 3.63) is 33.6 Å². The van der Waals surface area contributed by atoms with Crippen LogP contribution in [0.15, 0.2) is 28.7 Å². The molecule has 2 aromatic rings. The molecule has 8 nitrogen and oxygen atoms in total. The second-order valence-corrected chi connectivity index (χ2v) is 8.78. The second-order valence-electron chi connectivity index (χ2n) is 6.97. The Kier molecular flexibility index (Phi) is 7.85. The number of carbonyl (C=O) groups is 3. The molecule has 10 heteroatoms. The van der Waals surface area contributed by atoms with Crippen LogP contribution in [-0.4, -0.2) is 44.5 Å². The second kappa shape index (κ2) is 9.94. The molecule has 1 aromatic carbocycles. The Labute approximate surface area is 186 Å². The maximum absolute atomic E-state index is 12.3. The van der Waals surface area contributed by atoms with Crippen molar-refractivity contribution in [2.24, 2.45) is 0 Å². The summed E-state index contributed by atoms with van der Waals surface area (Å²) in [4.78, 5) is 36.6. The van der Waals surface area contributed by atoms with Gasteiger partial charge in [-0.25, -0.2) is 14.4 Å². The van der Waals surface area contributed by atoms with Crippen molar-refractivity contribution in [1.82, 2.24) is 0 Å². The van der Waals surface area contributed by atoms with Crippen molar-refractivity contribution < 1.29 is 33.3 Å². The lowest BCUT2D eigenvalue weighted by atomic mass is 10.1. The minimum absolute atomic E-state index is 0.180. The Morgan fingerprint density at radius 2 is 1.83 bits per heavy atom. The molecule has 0 unspecified atom stereocenters. The quantitative estimate of drug-likeness (QED) is 0.447. The van der Waals surface area contributed by atoms with Crippen LogP contribution in [0.1, 0.15) is 30.4 Å². The summed E-state index contributed by atoms with van der Waals surface area (Å²) in [5.74, 6) is -0.990. The molecule has 0 aliphatic heterocycles. The van der Waals surface area contributed by atoms with Gasteiger partial charge >= 0.3 is 18.0 Å². The van der Waals surface area contributed by atoms with Crippen LogP contribution < -0.4 is 10.1 Å². The molecule has 162 valence electrons. The summed E-state index contributed by atoms with van der Waals surface area (Å²) < 4.78 is 20.8. The maximum Gasteiger partial charge on any atom is 0.411 e. The van der Waals surface area contributed by atoms with Crippen molar-refractivity contribution in [2.75, 3.05) is 26.1 Å². The van der Waals surface area contributed by atoms with E-state index in [2.05, 4.69) is 26.0 Å². The molecule has 1 heterocycles. The fourth-order valence-corrected chi connectivity index (χ4v) is 4.31. The van der Waals surface area contributed by atoms with E-state index in [1.807, 2.05) is 0 Å². The topological polar surface area (TPSA) is 100 Å². The first-order valence-electron chi connectivity index (χ1n) is 8.76. The Bertz CT molecular complexity index is 949. The molecule has 0 saturated heterocycles. The van der Waals surface area contributed by atoms with Gasteiger partial charge in [-0.15, -0.1) is 11.3 Å². The first-order chi connectivity index (χ1) is 14.1. The monoisotopic (exact) mass is 499 g/mol. The third kappa shape index (κ3) is 6.20. The van der Waals surface area contributed by atoms with Gasteiger partial charge in [0.1, 0.15) is 5.60 Å². The van der Waals surface area contributed by atoms with Crippen LogP contribution in [0.5, 0.6) is 5.75 Å². The van der Waals surface area contributed by atoms with Gasteiger partial charge in [0.25, 0.3) is 0 Å². The predicted molar refractivity (Wildman–Crippen MR) is 116 cm³/mol. The van der Waals surface area contributed by atoms with Crippen LogP contribution in [0.3, 0.4) is 0 Å². The van der Waals surface area contributed by atoms with Crippen LogP contribution in [0.2, 0.25) is 0 Å².